The molecule has 1 saturated heterocycles. The molecule has 4 rings (SSSR count). The van der Waals surface area contributed by atoms with E-state index in [0.717, 1.165) is 37.7 Å². The van der Waals surface area contributed by atoms with Crippen LogP contribution in [0.4, 0.5) is 0 Å². The van der Waals surface area contributed by atoms with Gasteiger partial charge in [0.1, 0.15) is 0 Å². The monoisotopic (exact) mass is 345 g/mol. The van der Waals surface area contributed by atoms with Gasteiger partial charge in [-0.25, -0.2) is 0 Å². The smallest absolute Gasteiger partial charge is 0.219 e. The van der Waals surface area contributed by atoms with Crippen LogP contribution in [0.15, 0.2) is 28.7 Å². The third kappa shape index (κ3) is 3.52. The molecule has 24 heavy (non-hydrogen) atoms. The average Bonchev–Trinajstić information content (AvgIpc) is 3.33. The summed E-state index contributed by atoms with van der Waals surface area (Å²) in [6.07, 6.45) is 4.26. The molecule has 1 aliphatic carbocycles. The van der Waals surface area contributed by atoms with Gasteiger partial charge in [0.15, 0.2) is 5.78 Å². The minimum absolute atomic E-state index is 0.138. The van der Waals surface area contributed by atoms with E-state index in [1.54, 1.807) is 24.3 Å². The molecule has 2 aromatic rings. The summed E-state index contributed by atoms with van der Waals surface area (Å²) < 4.78 is 5.82. The van der Waals surface area contributed by atoms with Crippen LogP contribution in [0, 0.1) is 0 Å². The summed E-state index contributed by atoms with van der Waals surface area (Å²) in [5.41, 5.74) is 0.715. The third-order valence-electron chi connectivity index (χ3n) is 4.85. The fourth-order valence-corrected chi connectivity index (χ4v) is 3.30. The lowest BCUT2D eigenvalue weighted by Crippen LogP contribution is -2.36. The van der Waals surface area contributed by atoms with Gasteiger partial charge in [0.25, 0.3) is 0 Å². The third-order valence-corrected chi connectivity index (χ3v) is 5.11. The van der Waals surface area contributed by atoms with E-state index >= 15 is 0 Å². The number of piperidine rings is 1. The lowest BCUT2D eigenvalue weighted by molar-refractivity contribution is 0.0905. The molecule has 6 heteroatoms. The standard InChI is InChI=1S/C18H20ClN3O2/c19-15-5-3-12(4-6-15)16(23)11-22-9-7-14(8-10-22)18-21-20-17(24-18)13-1-2-13/h3-6,13-14H,1-2,7-11H2. The van der Waals surface area contributed by atoms with E-state index < -0.39 is 0 Å². The number of Topliss-reactive ketones (excluding diaryl/α,β-unsaturated/α-hetero) is 1. The van der Waals surface area contributed by atoms with Crippen molar-refractivity contribution in [2.75, 3.05) is 19.6 Å². The van der Waals surface area contributed by atoms with Gasteiger partial charge in [0.2, 0.25) is 11.8 Å². The number of hydrogen-bond acceptors (Lipinski definition) is 5. The Labute approximate surface area is 146 Å². The normalized spacial score (nSPS) is 19.5. The van der Waals surface area contributed by atoms with Gasteiger partial charge in [-0.2, -0.15) is 0 Å². The number of aromatic nitrogens is 2. The van der Waals surface area contributed by atoms with E-state index in [1.165, 1.54) is 12.8 Å². The maximum atomic E-state index is 12.3. The zero-order valence-corrected chi connectivity index (χ0v) is 14.2. The molecule has 126 valence electrons. The Bertz CT molecular complexity index is 716. The molecule has 0 spiro atoms. The Hall–Kier alpha value is -1.72. The zero-order chi connectivity index (χ0) is 16.5. The molecule has 0 atom stereocenters. The number of carbonyl (C=O) groups excluding carboxylic acids is 1. The first kappa shape index (κ1) is 15.8. The highest BCUT2D eigenvalue weighted by Crippen LogP contribution is 2.40. The number of halogens is 1. The Kier molecular flexibility index (Phi) is 4.37. The van der Waals surface area contributed by atoms with Gasteiger partial charge in [-0.05, 0) is 63.0 Å². The van der Waals surface area contributed by atoms with Crippen LogP contribution < -0.4 is 0 Å². The van der Waals surface area contributed by atoms with Crippen molar-refractivity contribution in [1.29, 1.82) is 0 Å². The molecule has 2 aliphatic rings. The molecule has 1 aromatic heterocycles. The minimum Gasteiger partial charge on any atom is -0.425 e. The predicted molar refractivity (Wildman–Crippen MR) is 90.5 cm³/mol. The molecule has 1 aromatic carbocycles. The van der Waals surface area contributed by atoms with Crippen LogP contribution in [0.3, 0.4) is 0 Å². The number of carbonyl (C=O) groups is 1. The Morgan fingerprint density at radius 3 is 2.21 bits per heavy atom. The molecule has 5 nitrogen and oxygen atoms in total. The van der Waals surface area contributed by atoms with Crippen LogP contribution in [0.5, 0.6) is 0 Å². The number of nitrogens with zero attached hydrogens (tertiary/aromatic N) is 3. The SMILES string of the molecule is O=C(CN1CCC(c2nnc(C3CC3)o2)CC1)c1ccc(Cl)cc1. The Balaban J connectivity index is 1.30. The predicted octanol–water partition coefficient (Wildman–Crippen LogP) is 3.66. The van der Waals surface area contributed by atoms with Crippen LogP contribution in [-0.4, -0.2) is 40.5 Å². The summed E-state index contributed by atoms with van der Waals surface area (Å²) in [7, 11) is 0. The van der Waals surface area contributed by atoms with E-state index in [4.69, 9.17) is 16.0 Å². The van der Waals surface area contributed by atoms with Crippen molar-refractivity contribution in [2.45, 2.75) is 37.5 Å². The van der Waals surface area contributed by atoms with Gasteiger partial charge in [-0.3, -0.25) is 9.69 Å². The van der Waals surface area contributed by atoms with Crippen molar-refractivity contribution in [2.24, 2.45) is 0 Å². The first-order chi connectivity index (χ1) is 11.7. The van der Waals surface area contributed by atoms with E-state index in [-0.39, 0.29) is 5.78 Å². The van der Waals surface area contributed by atoms with Crippen molar-refractivity contribution in [3.8, 4) is 0 Å². The largest absolute Gasteiger partial charge is 0.425 e. The van der Waals surface area contributed by atoms with E-state index in [9.17, 15) is 4.79 Å². The molecule has 2 fully saturated rings. The quantitative estimate of drug-likeness (QED) is 0.774. The van der Waals surface area contributed by atoms with Crippen LogP contribution in [0.1, 0.15) is 59.7 Å². The van der Waals surface area contributed by atoms with E-state index in [2.05, 4.69) is 15.1 Å². The second-order valence-corrected chi connectivity index (χ2v) is 7.17. The molecule has 1 saturated carbocycles. The maximum Gasteiger partial charge on any atom is 0.219 e. The molecule has 0 radical (unpaired) electrons. The highest BCUT2D eigenvalue weighted by atomic mass is 35.5. The Morgan fingerprint density at radius 1 is 1.04 bits per heavy atom. The summed E-state index contributed by atoms with van der Waals surface area (Å²) in [6.45, 7) is 2.21. The fourth-order valence-electron chi connectivity index (χ4n) is 3.17. The topological polar surface area (TPSA) is 59.2 Å². The maximum absolute atomic E-state index is 12.3. The highest BCUT2D eigenvalue weighted by molar-refractivity contribution is 6.30. The van der Waals surface area contributed by atoms with Crippen LogP contribution in [0.2, 0.25) is 5.02 Å². The van der Waals surface area contributed by atoms with Crippen molar-refractivity contribution < 1.29 is 9.21 Å². The number of ketones is 1. The van der Waals surface area contributed by atoms with Crippen LogP contribution >= 0.6 is 11.6 Å². The first-order valence-electron chi connectivity index (χ1n) is 8.53. The second kappa shape index (κ2) is 6.65. The van der Waals surface area contributed by atoms with E-state index in [1.807, 2.05) is 0 Å². The summed E-state index contributed by atoms with van der Waals surface area (Å²) in [5, 5.41) is 9.05. The van der Waals surface area contributed by atoms with Gasteiger partial charge in [-0.15, -0.1) is 10.2 Å². The molecule has 0 amide bonds. The van der Waals surface area contributed by atoms with Gasteiger partial charge in [0.05, 0.1) is 6.54 Å². The highest BCUT2D eigenvalue weighted by Gasteiger charge is 2.32. The summed E-state index contributed by atoms with van der Waals surface area (Å²) in [6, 6.07) is 7.09. The zero-order valence-electron chi connectivity index (χ0n) is 13.4. The molecule has 1 aliphatic heterocycles. The molecule has 0 bridgehead atoms. The van der Waals surface area contributed by atoms with Gasteiger partial charge < -0.3 is 4.42 Å². The summed E-state index contributed by atoms with van der Waals surface area (Å²) >= 11 is 5.87. The molecular formula is C18H20ClN3O2. The lowest BCUT2D eigenvalue weighted by Gasteiger charge is -2.29. The van der Waals surface area contributed by atoms with Crippen LogP contribution in [-0.2, 0) is 0 Å². The van der Waals surface area contributed by atoms with Crippen LogP contribution in [0.25, 0.3) is 0 Å². The number of likely N-dealkylation sites (tertiary alicyclic amines) is 1. The number of rotatable bonds is 5. The molecule has 0 N–H and O–H groups in total. The second-order valence-electron chi connectivity index (χ2n) is 6.73. The van der Waals surface area contributed by atoms with Crippen molar-refractivity contribution in [3.63, 3.8) is 0 Å². The number of benzene rings is 1. The van der Waals surface area contributed by atoms with Gasteiger partial charge in [-0.1, -0.05) is 11.6 Å². The minimum atomic E-state index is 0.138. The number of hydrogen-bond donors (Lipinski definition) is 0. The summed E-state index contributed by atoms with van der Waals surface area (Å²) in [5.74, 6) is 2.56. The fraction of sp³-hybridized carbons (Fsp3) is 0.500. The molecule has 2 heterocycles. The Morgan fingerprint density at radius 2 is 1.62 bits per heavy atom. The van der Waals surface area contributed by atoms with Crippen molar-refractivity contribution >= 4 is 17.4 Å². The van der Waals surface area contributed by atoms with Gasteiger partial charge >= 0.3 is 0 Å². The van der Waals surface area contributed by atoms with Crippen molar-refractivity contribution in [3.05, 3.63) is 46.6 Å². The van der Waals surface area contributed by atoms with E-state index in [0.29, 0.717) is 29.0 Å². The summed E-state index contributed by atoms with van der Waals surface area (Å²) in [4.78, 5) is 14.5. The van der Waals surface area contributed by atoms with Gasteiger partial charge in [0, 0.05) is 22.4 Å². The van der Waals surface area contributed by atoms with Crippen molar-refractivity contribution in [1.82, 2.24) is 15.1 Å². The molecule has 0 unspecified atom stereocenters. The first-order valence-corrected chi connectivity index (χ1v) is 8.91. The lowest BCUT2D eigenvalue weighted by atomic mass is 9.96. The molecular weight excluding hydrogens is 326 g/mol. The average molecular weight is 346 g/mol.